The van der Waals surface area contributed by atoms with Gasteiger partial charge in [-0.25, -0.2) is 0 Å². The van der Waals surface area contributed by atoms with Crippen molar-refractivity contribution in [2.45, 2.75) is 6.54 Å². The highest BCUT2D eigenvalue weighted by Gasteiger charge is 2.25. The third-order valence-electron chi connectivity index (χ3n) is 4.13. The van der Waals surface area contributed by atoms with Crippen LogP contribution in [0.3, 0.4) is 0 Å². The lowest BCUT2D eigenvalue weighted by molar-refractivity contribution is -0.402. The Morgan fingerprint density at radius 1 is 1.16 bits per heavy atom. The van der Waals surface area contributed by atoms with Gasteiger partial charge in [0, 0.05) is 32.7 Å². The molecule has 8 nitrogen and oxygen atoms in total. The van der Waals surface area contributed by atoms with E-state index in [1.165, 1.54) is 12.1 Å². The minimum Gasteiger partial charge on any atom is -0.395 e. The Balaban J connectivity index is 1.54. The fourth-order valence-corrected chi connectivity index (χ4v) is 2.75. The van der Waals surface area contributed by atoms with E-state index >= 15 is 0 Å². The molecule has 0 saturated carbocycles. The first-order valence-electron chi connectivity index (χ1n) is 7.82. The van der Waals surface area contributed by atoms with E-state index in [0.717, 1.165) is 12.1 Å². The van der Waals surface area contributed by atoms with Crippen LogP contribution in [-0.2, 0) is 6.54 Å². The molecule has 1 amide bonds. The third kappa shape index (κ3) is 3.84. The summed E-state index contributed by atoms with van der Waals surface area (Å²) in [4.78, 5) is 26.2. The van der Waals surface area contributed by atoms with Crippen LogP contribution in [0.5, 0.6) is 0 Å². The summed E-state index contributed by atoms with van der Waals surface area (Å²) in [5.74, 6) is -0.763. The molecule has 1 fully saturated rings. The van der Waals surface area contributed by atoms with E-state index in [1.807, 2.05) is 12.1 Å². The summed E-state index contributed by atoms with van der Waals surface area (Å²) in [7, 11) is 0. The van der Waals surface area contributed by atoms with Gasteiger partial charge in [0.15, 0.2) is 5.76 Å². The van der Waals surface area contributed by atoms with Gasteiger partial charge in [-0.2, -0.15) is 5.26 Å². The molecule has 0 spiro atoms. The second-order valence-electron chi connectivity index (χ2n) is 5.77. The van der Waals surface area contributed by atoms with Crippen molar-refractivity contribution >= 4 is 11.8 Å². The highest BCUT2D eigenvalue weighted by molar-refractivity contribution is 5.91. The number of amides is 1. The number of carbonyl (C=O) groups excluding carboxylic acids is 1. The Hall–Kier alpha value is -3.18. The number of hydrogen-bond donors (Lipinski definition) is 0. The average Bonchev–Trinajstić information content (AvgIpc) is 3.13. The maximum atomic E-state index is 12.3. The van der Waals surface area contributed by atoms with Gasteiger partial charge in [-0.3, -0.25) is 19.8 Å². The van der Waals surface area contributed by atoms with Crippen LogP contribution >= 0.6 is 0 Å². The zero-order valence-corrected chi connectivity index (χ0v) is 13.4. The lowest BCUT2D eigenvalue weighted by atomic mass is 10.1. The third-order valence-corrected chi connectivity index (χ3v) is 4.13. The lowest BCUT2D eigenvalue weighted by Crippen LogP contribution is -2.48. The highest BCUT2D eigenvalue weighted by Crippen LogP contribution is 2.18. The van der Waals surface area contributed by atoms with E-state index in [9.17, 15) is 14.9 Å². The first kappa shape index (κ1) is 16.7. The maximum absolute atomic E-state index is 12.3. The monoisotopic (exact) mass is 340 g/mol. The summed E-state index contributed by atoms with van der Waals surface area (Å²) < 4.78 is 4.97. The molecule has 0 aliphatic carbocycles. The van der Waals surface area contributed by atoms with E-state index in [1.54, 1.807) is 17.0 Å². The van der Waals surface area contributed by atoms with E-state index in [0.29, 0.717) is 31.7 Å². The molecule has 2 aromatic rings. The number of rotatable bonds is 4. The summed E-state index contributed by atoms with van der Waals surface area (Å²) >= 11 is 0. The molecule has 2 heterocycles. The number of hydrogen-bond acceptors (Lipinski definition) is 6. The molecule has 1 saturated heterocycles. The van der Waals surface area contributed by atoms with Gasteiger partial charge in [0.25, 0.3) is 5.91 Å². The zero-order chi connectivity index (χ0) is 17.8. The normalized spacial score (nSPS) is 14.9. The Labute approximate surface area is 144 Å². The molecule has 8 heteroatoms. The molecule has 0 radical (unpaired) electrons. The molecule has 0 atom stereocenters. The maximum Gasteiger partial charge on any atom is 0.433 e. The molecular formula is C17H16N4O4. The molecule has 1 aromatic carbocycles. The molecular weight excluding hydrogens is 324 g/mol. The number of furan rings is 1. The van der Waals surface area contributed by atoms with Gasteiger partial charge in [-0.15, -0.1) is 0 Å². The molecule has 1 aliphatic rings. The van der Waals surface area contributed by atoms with Crippen molar-refractivity contribution < 1.29 is 14.1 Å². The molecule has 0 N–H and O–H groups in total. The van der Waals surface area contributed by atoms with Crippen LogP contribution in [-0.4, -0.2) is 46.8 Å². The van der Waals surface area contributed by atoms with E-state index in [4.69, 9.17) is 9.68 Å². The standard InChI is InChI=1S/C17H16N4O4/c18-11-13-1-3-14(4-2-13)12-19-7-9-20(10-8-19)17(22)15-5-6-16(25-15)21(23)24/h1-6H,7-10,12H2. The molecule has 1 aliphatic heterocycles. The topological polar surface area (TPSA) is 104 Å². The van der Waals surface area contributed by atoms with Gasteiger partial charge in [0.05, 0.1) is 17.7 Å². The van der Waals surface area contributed by atoms with Crippen molar-refractivity contribution in [3.63, 3.8) is 0 Å². The lowest BCUT2D eigenvalue weighted by Gasteiger charge is -2.34. The predicted molar refractivity (Wildman–Crippen MR) is 87.7 cm³/mol. The Morgan fingerprint density at radius 2 is 1.84 bits per heavy atom. The van der Waals surface area contributed by atoms with Crippen molar-refractivity contribution in [3.05, 3.63) is 63.4 Å². The quantitative estimate of drug-likeness (QED) is 0.623. The van der Waals surface area contributed by atoms with Crippen LogP contribution in [0, 0.1) is 21.4 Å². The van der Waals surface area contributed by atoms with Gasteiger partial charge < -0.3 is 9.32 Å². The summed E-state index contributed by atoms with van der Waals surface area (Å²) in [6, 6.07) is 12.1. The van der Waals surface area contributed by atoms with Gasteiger partial charge in [-0.05, 0) is 23.8 Å². The number of nitrogens with zero attached hydrogens (tertiary/aromatic N) is 4. The number of benzene rings is 1. The molecule has 1 aromatic heterocycles. The molecule has 0 unspecified atom stereocenters. The minimum absolute atomic E-state index is 0.00718. The summed E-state index contributed by atoms with van der Waals surface area (Å²) in [5.41, 5.74) is 1.74. The average molecular weight is 340 g/mol. The van der Waals surface area contributed by atoms with Gasteiger partial charge in [0.1, 0.15) is 4.92 Å². The summed E-state index contributed by atoms with van der Waals surface area (Å²) in [6.07, 6.45) is 0. The van der Waals surface area contributed by atoms with Crippen LogP contribution in [0.4, 0.5) is 5.88 Å². The number of piperazine rings is 1. The van der Waals surface area contributed by atoms with Crippen molar-refractivity contribution in [1.82, 2.24) is 9.80 Å². The van der Waals surface area contributed by atoms with Crippen LogP contribution in [0.15, 0.2) is 40.8 Å². The first-order chi connectivity index (χ1) is 12.1. The second-order valence-corrected chi connectivity index (χ2v) is 5.77. The number of carbonyl (C=O) groups is 1. The Morgan fingerprint density at radius 3 is 2.40 bits per heavy atom. The molecule has 128 valence electrons. The molecule has 0 bridgehead atoms. The largest absolute Gasteiger partial charge is 0.433 e. The number of nitriles is 1. The first-order valence-corrected chi connectivity index (χ1v) is 7.82. The van der Waals surface area contributed by atoms with E-state index in [-0.39, 0.29) is 11.7 Å². The van der Waals surface area contributed by atoms with Gasteiger partial charge in [-0.1, -0.05) is 12.1 Å². The van der Waals surface area contributed by atoms with Crippen molar-refractivity contribution in [2.75, 3.05) is 26.2 Å². The zero-order valence-electron chi connectivity index (χ0n) is 13.4. The van der Waals surface area contributed by atoms with Crippen LogP contribution in [0.25, 0.3) is 0 Å². The van der Waals surface area contributed by atoms with Crippen molar-refractivity contribution in [3.8, 4) is 6.07 Å². The summed E-state index contributed by atoms with van der Waals surface area (Å²) in [5, 5.41) is 19.4. The minimum atomic E-state index is -0.660. The van der Waals surface area contributed by atoms with Crippen LogP contribution in [0.2, 0.25) is 0 Å². The van der Waals surface area contributed by atoms with Crippen molar-refractivity contribution in [1.29, 1.82) is 5.26 Å². The van der Waals surface area contributed by atoms with Gasteiger partial charge in [0.2, 0.25) is 0 Å². The number of nitro groups is 1. The van der Waals surface area contributed by atoms with Crippen molar-refractivity contribution in [2.24, 2.45) is 0 Å². The molecule has 25 heavy (non-hydrogen) atoms. The summed E-state index contributed by atoms with van der Waals surface area (Å²) in [6.45, 7) is 3.22. The van der Waals surface area contributed by atoms with E-state index in [2.05, 4.69) is 11.0 Å². The van der Waals surface area contributed by atoms with Gasteiger partial charge >= 0.3 is 5.88 Å². The van der Waals surface area contributed by atoms with Crippen LogP contribution < -0.4 is 0 Å². The Kier molecular flexibility index (Phi) is 4.77. The van der Waals surface area contributed by atoms with Crippen LogP contribution in [0.1, 0.15) is 21.7 Å². The SMILES string of the molecule is N#Cc1ccc(CN2CCN(C(=O)c3ccc([N+](=O)[O-])o3)CC2)cc1. The van der Waals surface area contributed by atoms with E-state index < -0.39 is 10.8 Å². The fourth-order valence-electron chi connectivity index (χ4n) is 2.75. The predicted octanol–water partition coefficient (Wildman–Crippen LogP) is 2.02. The second kappa shape index (κ2) is 7.15. The highest BCUT2D eigenvalue weighted by atomic mass is 16.6. The smallest absolute Gasteiger partial charge is 0.395 e. The molecule has 3 rings (SSSR count). The fraction of sp³-hybridized carbons (Fsp3) is 0.294. The Bertz CT molecular complexity index is 814.